The summed E-state index contributed by atoms with van der Waals surface area (Å²) in [4.78, 5) is 24.2. The van der Waals surface area contributed by atoms with Gasteiger partial charge in [0.25, 0.3) is 5.91 Å². The maximum Gasteiger partial charge on any atom is 0.255 e. The zero-order valence-electron chi connectivity index (χ0n) is 13.3. The summed E-state index contributed by atoms with van der Waals surface area (Å²) in [6, 6.07) is 11.1. The minimum atomic E-state index is -3.68. The van der Waals surface area contributed by atoms with Gasteiger partial charge in [0.15, 0.2) is 0 Å². The van der Waals surface area contributed by atoms with E-state index in [1.54, 1.807) is 13.0 Å². The Morgan fingerprint density at radius 3 is 2.44 bits per heavy atom. The van der Waals surface area contributed by atoms with E-state index in [1.807, 2.05) is 0 Å². The lowest BCUT2D eigenvalue weighted by atomic mass is 10.1. The van der Waals surface area contributed by atoms with Crippen molar-refractivity contribution in [2.45, 2.75) is 6.92 Å². The largest absolute Gasteiger partial charge is 0.322 e. The van der Waals surface area contributed by atoms with Gasteiger partial charge in [-0.25, -0.2) is 17.1 Å². The lowest BCUT2D eigenvalue weighted by molar-refractivity contribution is -0.119. The molecule has 0 aromatic heterocycles. The summed E-state index contributed by atoms with van der Waals surface area (Å²) in [6.07, 6.45) is 0. The van der Waals surface area contributed by atoms with Crippen LogP contribution in [0.15, 0.2) is 48.5 Å². The Bertz CT molecular complexity index is 941. The fraction of sp³-hybridized carbons (Fsp3) is 0.176. The molecule has 1 saturated heterocycles. The highest BCUT2D eigenvalue weighted by atomic mass is 32.2. The molecule has 1 heterocycles. The Hall–Kier alpha value is -2.74. The minimum Gasteiger partial charge on any atom is -0.322 e. The molecule has 0 aliphatic carbocycles. The molecule has 2 aromatic rings. The normalized spacial score (nSPS) is 19.0. The molecule has 0 unspecified atom stereocenters. The Morgan fingerprint density at radius 2 is 1.88 bits per heavy atom. The van der Waals surface area contributed by atoms with Crippen LogP contribution in [0.5, 0.6) is 0 Å². The van der Waals surface area contributed by atoms with E-state index in [0.29, 0.717) is 5.69 Å². The number of carbonyl (C=O) groups excluding carboxylic acids is 2. The van der Waals surface area contributed by atoms with Crippen LogP contribution in [0, 0.1) is 11.7 Å². The number of hydrogen-bond donors (Lipinski definition) is 1. The van der Waals surface area contributed by atoms with Gasteiger partial charge in [-0.1, -0.05) is 13.0 Å². The van der Waals surface area contributed by atoms with Gasteiger partial charge in [-0.15, -0.1) is 0 Å². The fourth-order valence-electron chi connectivity index (χ4n) is 2.60. The first kappa shape index (κ1) is 17.1. The third kappa shape index (κ3) is 3.39. The van der Waals surface area contributed by atoms with Crippen LogP contribution < -0.4 is 9.62 Å². The van der Waals surface area contributed by atoms with Crippen molar-refractivity contribution < 1.29 is 22.4 Å². The van der Waals surface area contributed by atoms with Gasteiger partial charge in [0.1, 0.15) is 5.82 Å². The molecule has 2 aromatic carbocycles. The number of carbonyl (C=O) groups is 2. The number of anilines is 2. The van der Waals surface area contributed by atoms with Gasteiger partial charge in [-0.05, 0) is 42.5 Å². The summed E-state index contributed by atoms with van der Waals surface area (Å²) in [7, 11) is -3.68. The highest BCUT2D eigenvalue weighted by molar-refractivity contribution is 7.94. The predicted molar refractivity (Wildman–Crippen MR) is 91.2 cm³/mol. The minimum absolute atomic E-state index is 0.191. The standard InChI is InChI=1S/C17H15FN2O4S/c1-11-10-25(23,24)20(17(11)22)15-7-5-12(6-8-15)16(21)19-14-4-2-3-13(18)9-14/h2-9,11H,10H2,1H3,(H,19,21)/t11-/m0/s1. The molecule has 0 spiro atoms. The lowest BCUT2D eigenvalue weighted by Crippen LogP contribution is -2.30. The van der Waals surface area contributed by atoms with E-state index in [1.165, 1.54) is 42.5 Å². The first-order valence-corrected chi connectivity index (χ1v) is 9.13. The van der Waals surface area contributed by atoms with Gasteiger partial charge in [-0.2, -0.15) is 0 Å². The number of nitrogens with zero attached hydrogens (tertiary/aromatic N) is 1. The maximum atomic E-state index is 13.1. The monoisotopic (exact) mass is 362 g/mol. The summed E-state index contributed by atoms with van der Waals surface area (Å²) in [5.41, 5.74) is 0.752. The molecular formula is C17H15FN2O4S. The topological polar surface area (TPSA) is 83.6 Å². The van der Waals surface area contributed by atoms with Crippen molar-refractivity contribution in [3.63, 3.8) is 0 Å². The van der Waals surface area contributed by atoms with Crippen LogP contribution in [0.25, 0.3) is 0 Å². The van der Waals surface area contributed by atoms with E-state index in [9.17, 15) is 22.4 Å². The highest BCUT2D eigenvalue weighted by Gasteiger charge is 2.41. The van der Waals surface area contributed by atoms with Crippen molar-refractivity contribution in [1.82, 2.24) is 0 Å². The maximum absolute atomic E-state index is 13.1. The molecule has 1 fully saturated rings. The molecule has 1 aliphatic heterocycles. The molecule has 0 saturated carbocycles. The Kier molecular flexibility index (Phi) is 4.30. The molecule has 8 heteroatoms. The van der Waals surface area contributed by atoms with Gasteiger partial charge in [0.2, 0.25) is 15.9 Å². The van der Waals surface area contributed by atoms with Crippen molar-refractivity contribution in [2.24, 2.45) is 5.92 Å². The Balaban J connectivity index is 1.81. The second-order valence-electron chi connectivity index (χ2n) is 5.79. The zero-order valence-corrected chi connectivity index (χ0v) is 14.1. The van der Waals surface area contributed by atoms with E-state index in [4.69, 9.17) is 0 Å². The van der Waals surface area contributed by atoms with Crippen LogP contribution in [-0.2, 0) is 14.8 Å². The number of amides is 2. The van der Waals surface area contributed by atoms with E-state index in [-0.39, 0.29) is 17.0 Å². The smallest absolute Gasteiger partial charge is 0.255 e. The molecule has 130 valence electrons. The van der Waals surface area contributed by atoms with Crippen molar-refractivity contribution in [3.8, 4) is 0 Å². The summed E-state index contributed by atoms with van der Waals surface area (Å²) < 4.78 is 38.0. The third-order valence-electron chi connectivity index (χ3n) is 3.81. The number of halogens is 1. The summed E-state index contributed by atoms with van der Waals surface area (Å²) in [5, 5.41) is 2.54. The summed E-state index contributed by atoms with van der Waals surface area (Å²) >= 11 is 0. The second kappa shape index (κ2) is 6.29. The van der Waals surface area contributed by atoms with Crippen molar-refractivity contribution in [3.05, 3.63) is 59.9 Å². The predicted octanol–water partition coefficient (Wildman–Crippen LogP) is 2.39. The highest BCUT2D eigenvalue weighted by Crippen LogP contribution is 2.28. The zero-order chi connectivity index (χ0) is 18.2. The number of benzene rings is 2. The molecule has 25 heavy (non-hydrogen) atoms. The summed E-state index contributed by atoms with van der Waals surface area (Å²) in [5.74, 6) is -2.26. The Morgan fingerprint density at radius 1 is 1.20 bits per heavy atom. The van der Waals surface area contributed by atoms with E-state index < -0.39 is 33.6 Å². The average Bonchev–Trinajstić information content (AvgIpc) is 2.75. The molecule has 1 aliphatic rings. The first-order valence-electron chi connectivity index (χ1n) is 7.52. The second-order valence-corrected chi connectivity index (χ2v) is 7.66. The number of nitrogens with one attached hydrogen (secondary N) is 1. The molecule has 0 bridgehead atoms. The fourth-order valence-corrected chi connectivity index (χ4v) is 4.43. The molecule has 6 nitrogen and oxygen atoms in total. The van der Waals surface area contributed by atoms with Crippen LogP contribution >= 0.6 is 0 Å². The van der Waals surface area contributed by atoms with E-state index in [2.05, 4.69) is 5.32 Å². The average molecular weight is 362 g/mol. The molecule has 3 rings (SSSR count). The van der Waals surface area contributed by atoms with E-state index >= 15 is 0 Å². The van der Waals surface area contributed by atoms with Crippen LogP contribution in [0.1, 0.15) is 17.3 Å². The van der Waals surface area contributed by atoms with Crippen molar-refractivity contribution in [1.29, 1.82) is 0 Å². The molecule has 1 atom stereocenters. The summed E-state index contributed by atoms with van der Waals surface area (Å²) in [6.45, 7) is 1.56. The van der Waals surface area contributed by atoms with Gasteiger partial charge < -0.3 is 5.32 Å². The molecule has 0 radical (unpaired) electrons. The molecular weight excluding hydrogens is 347 g/mol. The Labute approximate surface area is 144 Å². The molecule has 2 amide bonds. The van der Waals surface area contributed by atoms with E-state index in [0.717, 1.165) is 4.31 Å². The third-order valence-corrected chi connectivity index (χ3v) is 5.68. The number of hydrogen-bond acceptors (Lipinski definition) is 4. The van der Waals surface area contributed by atoms with Gasteiger partial charge >= 0.3 is 0 Å². The van der Waals surface area contributed by atoms with Crippen LogP contribution in [0.4, 0.5) is 15.8 Å². The number of rotatable bonds is 3. The quantitative estimate of drug-likeness (QED) is 0.909. The van der Waals surface area contributed by atoms with Gasteiger partial charge in [-0.3, -0.25) is 9.59 Å². The van der Waals surface area contributed by atoms with Crippen molar-refractivity contribution >= 4 is 33.2 Å². The SMILES string of the molecule is C[C@H]1CS(=O)(=O)N(c2ccc(C(=O)Nc3cccc(F)c3)cc2)C1=O. The number of sulfonamides is 1. The van der Waals surface area contributed by atoms with Crippen LogP contribution in [-0.4, -0.2) is 26.0 Å². The molecule has 1 N–H and O–H groups in total. The van der Waals surface area contributed by atoms with Gasteiger partial charge in [0, 0.05) is 11.3 Å². The van der Waals surface area contributed by atoms with Crippen molar-refractivity contribution in [2.75, 3.05) is 15.4 Å². The van der Waals surface area contributed by atoms with Gasteiger partial charge in [0.05, 0.1) is 17.4 Å². The lowest BCUT2D eigenvalue weighted by Gasteiger charge is -2.15. The van der Waals surface area contributed by atoms with Crippen LogP contribution in [0.2, 0.25) is 0 Å². The first-order chi connectivity index (χ1) is 11.8. The van der Waals surface area contributed by atoms with Crippen LogP contribution in [0.3, 0.4) is 0 Å².